The monoisotopic (exact) mass is 409 g/mol. The molecule has 0 amide bonds. The van der Waals surface area contributed by atoms with Gasteiger partial charge in [-0.2, -0.15) is 0 Å². The Morgan fingerprint density at radius 1 is 0.800 bits per heavy atom. The summed E-state index contributed by atoms with van der Waals surface area (Å²) in [7, 11) is 0. The van der Waals surface area contributed by atoms with Crippen LogP contribution in [0.4, 0.5) is 0 Å². The molecule has 0 heterocycles. The molecule has 2 N–H and O–H groups in total. The van der Waals surface area contributed by atoms with Gasteiger partial charge >= 0.3 is 0 Å². The van der Waals surface area contributed by atoms with Crippen molar-refractivity contribution in [2.45, 2.75) is 90.9 Å². The summed E-state index contributed by atoms with van der Waals surface area (Å²) in [6.07, 6.45) is 6.70. The number of nitrogens with two attached hydrogens (primary N) is 1. The number of unbranched alkanes of at least 4 members (excludes halogenated alkanes) is 1. The Morgan fingerprint density at radius 2 is 1.50 bits per heavy atom. The highest BCUT2D eigenvalue weighted by molar-refractivity contribution is 5.67. The van der Waals surface area contributed by atoms with Gasteiger partial charge in [0.15, 0.2) is 0 Å². The highest BCUT2D eigenvalue weighted by atomic mass is 16.5. The zero-order chi connectivity index (χ0) is 22.2. The fourth-order valence-electron chi connectivity index (χ4n) is 4.02. The average Bonchev–Trinajstić information content (AvgIpc) is 2.76. The first-order valence-corrected chi connectivity index (χ1v) is 11.9. The molecule has 0 aromatic heterocycles. The molecular formula is C28H43NO. The van der Waals surface area contributed by atoms with Gasteiger partial charge in [-0.3, -0.25) is 0 Å². The number of rotatable bonds is 12. The van der Waals surface area contributed by atoms with E-state index in [1.54, 1.807) is 0 Å². The van der Waals surface area contributed by atoms with Crippen molar-refractivity contribution >= 4 is 0 Å². The van der Waals surface area contributed by atoms with Gasteiger partial charge in [0.1, 0.15) is 5.75 Å². The normalized spacial score (nSPS) is 13.8. The van der Waals surface area contributed by atoms with Crippen molar-refractivity contribution in [1.29, 1.82) is 0 Å². The van der Waals surface area contributed by atoms with Gasteiger partial charge in [-0.25, -0.2) is 0 Å². The molecule has 1 atom stereocenters. The maximum Gasteiger partial charge on any atom is 0.120 e. The summed E-state index contributed by atoms with van der Waals surface area (Å²) in [5.41, 5.74) is 11.3. The van der Waals surface area contributed by atoms with Gasteiger partial charge in [-0.05, 0) is 83.9 Å². The molecule has 2 heteroatoms. The fraction of sp³-hybridized carbons (Fsp3) is 0.571. The van der Waals surface area contributed by atoms with Crippen LogP contribution in [0.5, 0.6) is 5.75 Å². The Hall–Kier alpha value is -1.80. The van der Waals surface area contributed by atoms with Crippen LogP contribution in [-0.4, -0.2) is 13.2 Å². The average molecular weight is 410 g/mol. The van der Waals surface area contributed by atoms with Crippen molar-refractivity contribution in [1.82, 2.24) is 0 Å². The minimum absolute atomic E-state index is 0.118. The Balaban J connectivity index is 2.37. The molecular weight excluding hydrogens is 366 g/mol. The van der Waals surface area contributed by atoms with E-state index in [9.17, 15) is 0 Å². The van der Waals surface area contributed by atoms with E-state index < -0.39 is 0 Å². The highest BCUT2D eigenvalue weighted by Crippen LogP contribution is 2.36. The standard InChI is InChI=1S/C28H43NO/c1-7-16-28(6,9-3)24-14-12-22(13-15-24)23-19-25(27(4,5)8-2)21-26(20-23)30-18-11-10-17-29/h12-15,19-21H,7-11,16-18,29H2,1-6H3. The topological polar surface area (TPSA) is 35.2 Å². The molecule has 2 aromatic rings. The van der Waals surface area contributed by atoms with Crippen LogP contribution in [0.25, 0.3) is 11.1 Å². The molecule has 0 saturated heterocycles. The van der Waals surface area contributed by atoms with E-state index in [1.165, 1.54) is 41.5 Å². The summed E-state index contributed by atoms with van der Waals surface area (Å²) >= 11 is 0. The van der Waals surface area contributed by atoms with E-state index in [2.05, 4.69) is 84.0 Å². The number of hydrogen-bond donors (Lipinski definition) is 1. The van der Waals surface area contributed by atoms with Gasteiger partial charge in [0.2, 0.25) is 0 Å². The van der Waals surface area contributed by atoms with Crippen LogP contribution in [-0.2, 0) is 10.8 Å². The number of hydrogen-bond acceptors (Lipinski definition) is 2. The summed E-state index contributed by atoms with van der Waals surface area (Å²) in [6.45, 7) is 15.3. The minimum atomic E-state index is 0.118. The highest BCUT2D eigenvalue weighted by Gasteiger charge is 2.24. The molecule has 0 spiro atoms. The van der Waals surface area contributed by atoms with Gasteiger partial charge in [0, 0.05) is 0 Å². The maximum atomic E-state index is 6.12. The molecule has 0 bridgehead atoms. The van der Waals surface area contributed by atoms with Gasteiger partial charge in [0.25, 0.3) is 0 Å². The van der Waals surface area contributed by atoms with Crippen molar-refractivity contribution in [3.8, 4) is 16.9 Å². The van der Waals surface area contributed by atoms with E-state index in [-0.39, 0.29) is 10.8 Å². The van der Waals surface area contributed by atoms with E-state index in [1.807, 2.05) is 0 Å². The summed E-state index contributed by atoms with van der Waals surface area (Å²) in [5, 5.41) is 0. The van der Waals surface area contributed by atoms with E-state index in [0.717, 1.165) is 38.2 Å². The molecule has 2 aromatic carbocycles. The van der Waals surface area contributed by atoms with Crippen LogP contribution in [0, 0.1) is 0 Å². The first kappa shape index (κ1) is 24.5. The summed E-state index contributed by atoms with van der Waals surface area (Å²) in [5.74, 6) is 0.967. The second-order valence-electron chi connectivity index (χ2n) is 9.57. The third-order valence-electron chi connectivity index (χ3n) is 6.94. The smallest absolute Gasteiger partial charge is 0.120 e. The molecule has 0 radical (unpaired) electrons. The fourth-order valence-corrected chi connectivity index (χ4v) is 4.02. The van der Waals surface area contributed by atoms with E-state index in [0.29, 0.717) is 0 Å². The molecule has 166 valence electrons. The Kier molecular flexibility index (Phi) is 8.97. The van der Waals surface area contributed by atoms with Crippen molar-refractivity contribution < 1.29 is 4.74 Å². The van der Waals surface area contributed by atoms with Crippen LogP contribution in [0.1, 0.15) is 91.2 Å². The van der Waals surface area contributed by atoms with Crippen LogP contribution in [0.15, 0.2) is 42.5 Å². The Bertz CT molecular complexity index is 778. The van der Waals surface area contributed by atoms with Crippen LogP contribution in [0.3, 0.4) is 0 Å². The summed E-state index contributed by atoms with van der Waals surface area (Å²) in [6, 6.07) is 16.0. The van der Waals surface area contributed by atoms with Gasteiger partial charge in [0.05, 0.1) is 6.61 Å². The van der Waals surface area contributed by atoms with Crippen molar-refractivity contribution in [2.75, 3.05) is 13.2 Å². The lowest BCUT2D eigenvalue weighted by Gasteiger charge is -2.29. The first-order chi connectivity index (χ1) is 14.3. The summed E-state index contributed by atoms with van der Waals surface area (Å²) in [4.78, 5) is 0. The Morgan fingerprint density at radius 3 is 2.07 bits per heavy atom. The van der Waals surface area contributed by atoms with Crippen LogP contribution >= 0.6 is 0 Å². The molecule has 0 aliphatic carbocycles. The molecule has 0 aliphatic rings. The van der Waals surface area contributed by atoms with Gasteiger partial charge in [-0.1, -0.05) is 78.3 Å². The van der Waals surface area contributed by atoms with Crippen molar-refractivity contribution in [3.05, 3.63) is 53.6 Å². The van der Waals surface area contributed by atoms with Crippen LogP contribution in [0.2, 0.25) is 0 Å². The van der Waals surface area contributed by atoms with Crippen molar-refractivity contribution in [3.63, 3.8) is 0 Å². The van der Waals surface area contributed by atoms with Crippen LogP contribution < -0.4 is 10.5 Å². The zero-order valence-corrected chi connectivity index (χ0v) is 20.2. The molecule has 2 rings (SSSR count). The minimum Gasteiger partial charge on any atom is -0.494 e. The molecule has 1 unspecified atom stereocenters. The first-order valence-electron chi connectivity index (χ1n) is 11.9. The molecule has 30 heavy (non-hydrogen) atoms. The lowest BCUT2D eigenvalue weighted by Crippen LogP contribution is -2.20. The number of ether oxygens (including phenoxy) is 1. The molecule has 0 fully saturated rings. The molecule has 2 nitrogen and oxygen atoms in total. The largest absolute Gasteiger partial charge is 0.494 e. The van der Waals surface area contributed by atoms with Gasteiger partial charge < -0.3 is 10.5 Å². The summed E-state index contributed by atoms with van der Waals surface area (Å²) < 4.78 is 6.12. The zero-order valence-electron chi connectivity index (χ0n) is 20.2. The quantitative estimate of drug-likeness (QED) is 0.366. The molecule has 0 aliphatic heterocycles. The van der Waals surface area contributed by atoms with Gasteiger partial charge in [-0.15, -0.1) is 0 Å². The third kappa shape index (κ3) is 6.11. The second-order valence-corrected chi connectivity index (χ2v) is 9.57. The number of benzene rings is 2. The third-order valence-corrected chi connectivity index (χ3v) is 6.94. The maximum absolute atomic E-state index is 6.12. The second kappa shape index (κ2) is 11.0. The predicted molar refractivity (Wildman–Crippen MR) is 132 cm³/mol. The lowest BCUT2D eigenvalue weighted by atomic mass is 9.76. The van der Waals surface area contributed by atoms with Crippen molar-refractivity contribution in [2.24, 2.45) is 5.73 Å². The Labute approximate surface area is 185 Å². The SMILES string of the molecule is CCCC(C)(CC)c1ccc(-c2cc(OCCCCN)cc(C(C)(C)CC)c2)cc1. The molecule has 0 saturated carbocycles. The predicted octanol–water partition coefficient (Wildman–Crippen LogP) is 7.63. The lowest BCUT2D eigenvalue weighted by molar-refractivity contribution is 0.307. The van der Waals surface area contributed by atoms with E-state index >= 15 is 0 Å². The van der Waals surface area contributed by atoms with E-state index in [4.69, 9.17) is 10.5 Å².